The molecule has 6 nitrogen and oxygen atoms in total. The molecule has 0 aromatic heterocycles. The van der Waals surface area contributed by atoms with E-state index in [-0.39, 0.29) is 24.1 Å². The lowest BCUT2D eigenvalue weighted by Crippen LogP contribution is -2.49. The van der Waals surface area contributed by atoms with Gasteiger partial charge >= 0.3 is 6.03 Å². The van der Waals surface area contributed by atoms with Gasteiger partial charge in [-0.05, 0) is 48.3 Å². The molecule has 2 aliphatic rings. The minimum Gasteiger partial charge on any atom is -0.385 e. The first kappa shape index (κ1) is 28.6. The topological polar surface area (TPSA) is 76.8 Å². The van der Waals surface area contributed by atoms with Crippen LogP contribution in [0, 0.1) is 11.8 Å². The number of carbonyl (C=O) groups is 1. The summed E-state index contributed by atoms with van der Waals surface area (Å²) >= 11 is 0. The molecule has 2 aromatic rings. The second-order valence-corrected chi connectivity index (χ2v) is 11.1. The van der Waals surface area contributed by atoms with Crippen molar-refractivity contribution in [3.8, 4) is 11.1 Å². The third kappa shape index (κ3) is 8.29. The maximum Gasteiger partial charge on any atom is 0.317 e. The number of urea groups is 1. The maximum atomic E-state index is 13.2. The summed E-state index contributed by atoms with van der Waals surface area (Å²) in [6, 6.07) is 19.1. The molecule has 208 valence electrons. The van der Waals surface area contributed by atoms with Gasteiger partial charge in [-0.3, -0.25) is 0 Å². The highest BCUT2D eigenvalue weighted by molar-refractivity contribution is 5.74. The van der Waals surface area contributed by atoms with E-state index in [1.54, 1.807) is 7.11 Å². The Bertz CT molecular complexity index is 963. The first-order valence-electron chi connectivity index (χ1n) is 14.7. The third-order valence-corrected chi connectivity index (χ3v) is 8.19. The molecule has 1 unspecified atom stereocenters. The second kappa shape index (κ2) is 15.2. The zero-order valence-electron chi connectivity index (χ0n) is 23.2. The number of ether oxygens (including phenoxy) is 2. The number of nitrogens with two attached hydrogens (primary N) is 1. The molecule has 0 bridgehead atoms. The molecule has 2 amide bonds. The number of carbonyl (C=O) groups excluding carboxylic acids is 1. The molecule has 2 fully saturated rings. The van der Waals surface area contributed by atoms with Crippen molar-refractivity contribution in [2.75, 3.05) is 40.0 Å². The van der Waals surface area contributed by atoms with Crippen LogP contribution in [0.4, 0.5) is 4.79 Å². The van der Waals surface area contributed by atoms with Crippen LogP contribution >= 0.6 is 0 Å². The zero-order valence-corrected chi connectivity index (χ0v) is 23.2. The fourth-order valence-corrected chi connectivity index (χ4v) is 6.23. The van der Waals surface area contributed by atoms with E-state index >= 15 is 0 Å². The van der Waals surface area contributed by atoms with Gasteiger partial charge in [0.2, 0.25) is 0 Å². The number of hydrogen-bond acceptors (Lipinski definition) is 4. The predicted octanol–water partition coefficient (Wildman–Crippen LogP) is 6.17. The zero-order chi connectivity index (χ0) is 26.6. The molecule has 38 heavy (non-hydrogen) atoms. The Balaban J connectivity index is 1.42. The monoisotopic (exact) mass is 521 g/mol. The number of likely N-dealkylation sites (tertiary alicyclic amines) is 1. The van der Waals surface area contributed by atoms with Crippen molar-refractivity contribution in [1.29, 1.82) is 0 Å². The molecule has 1 aliphatic heterocycles. The van der Waals surface area contributed by atoms with Crippen molar-refractivity contribution in [2.24, 2.45) is 17.6 Å². The number of nitrogens with zero attached hydrogens (tertiary/aromatic N) is 1. The second-order valence-electron chi connectivity index (χ2n) is 11.1. The standard InChI is InChI=1S/C32H47N3O3/c1-37-20-11-21-38-31(30-18-9-8-17-29(30)26-14-6-3-7-15-26)27-16-10-19-35(24-27)32(36)34-23-28(33)22-25-12-4-2-5-13-25/h3,6-9,14-15,17-18,25,27-28,31H,2,4-5,10-13,16,19-24,33H2,1H3,(H,34,36)/t27-,28?,31-/m1/s1. The van der Waals surface area contributed by atoms with Gasteiger partial charge in [-0.25, -0.2) is 4.79 Å². The number of benzene rings is 2. The van der Waals surface area contributed by atoms with Gasteiger partial charge in [0.05, 0.1) is 6.10 Å². The molecule has 6 heteroatoms. The Hall–Kier alpha value is -2.41. The molecular weight excluding hydrogens is 474 g/mol. The van der Waals surface area contributed by atoms with Crippen molar-refractivity contribution >= 4 is 6.03 Å². The van der Waals surface area contributed by atoms with E-state index in [9.17, 15) is 4.79 Å². The number of methoxy groups -OCH3 is 1. The van der Waals surface area contributed by atoms with Crippen molar-refractivity contribution in [3.63, 3.8) is 0 Å². The molecule has 1 heterocycles. The average Bonchev–Trinajstić information content (AvgIpc) is 2.97. The normalized spacial score (nSPS) is 20.2. The summed E-state index contributed by atoms with van der Waals surface area (Å²) in [6.07, 6.45) is 10.3. The van der Waals surface area contributed by atoms with Gasteiger partial charge in [0.15, 0.2) is 0 Å². The Morgan fingerprint density at radius 3 is 2.55 bits per heavy atom. The van der Waals surface area contributed by atoms with Crippen LogP contribution in [0.5, 0.6) is 0 Å². The van der Waals surface area contributed by atoms with E-state index in [0.29, 0.717) is 26.3 Å². The number of amides is 2. The smallest absolute Gasteiger partial charge is 0.317 e. The van der Waals surface area contributed by atoms with Gasteiger partial charge in [0.1, 0.15) is 0 Å². The third-order valence-electron chi connectivity index (χ3n) is 8.19. The van der Waals surface area contributed by atoms with Crippen molar-refractivity contribution in [3.05, 3.63) is 60.2 Å². The first-order valence-corrected chi connectivity index (χ1v) is 14.7. The van der Waals surface area contributed by atoms with Crippen LogP contribution in [0.2, 0.25) is 0 Å². The van der Waals surface area contributed by atoms with Gasteiger partial charge in [-0.2, -0.15) is 0 Å². The number of hydrogen-bond donors (Lipinski definition) is 2. The summed E-state index contributed by atoms with van der Waals surface area (Å²) in [4.78, 5) is 15.2. The molecule has 4 rings (SSSR count). The van der Waals surface area contributed by atoms with Gasteiger partial charge < -0.3 is 25.4 Å². The Morgan fingerprint density at radius 1 is 1.00 bits per heavy atom. The quantitative estimate of drug-likeness (QED) is 0.328. The fourth-order valence-electron chi connectivity index (χ4n) is 6.23. The van der Waals surface area contributed by atoms with Gasteiger partial charge in [-0.1, -0.05) is 86.7 Å². The Kier molecular flexibility index (Phi) is 11.5. The van der Waals surface area contributed by atoms with E-state index in [0.717, 1.165) is 38.1 Å². The largest absolute Gasteiger partial charge is 0.385 e. The summed E-state index contributed by atoms with van der Waals surface area (Å²) in [5.41, 5.74) is 9.99. The highest BCUT2D eigenvalue weighted by Crippen LogP contribution is 2.38. The molecule has 3 atom stereocenters. The maximum absolute atomic E-state index is 13.2. The predicted molar refractivity (Wildman–Crippen MR) is 154 cm³/mol. The SMILES string of the molecule is COCCCO[C@@H](c1ccccc1-c1ccccc1)[C@@H]1CCCN(C(=O)NCC(N)CC2CCCCC2)C1. The van der Waals surface area contributed by atoms with Gasteiger partial charge in [0.25, 0.3) is 0 Å². The summed E-state index contributed by atoms with van der Waals surface area (Å²) < 4.78 is 11.8. The lowest BCUT2D eigenvalue weighted by atomic mass is 9.85. The van der Waals surface area contributed by atoms with E-state index < -0.39 is 0 Å². The van der Waals surface area contributed by atoms with Crippen molar-refractivity contribution in [2.45, 2.75) is 69.9 Å². The number of rotatable bonds is 12. The van der Waals surface area contributed by atoms with E-state index in [4.69, 9.17) is 15.2 Å². The highest BCUT2D eigenvalue weighted by Gasteiger charge is 2.32. The lowest BCUT2D eigenvalue weighted by molar-refractivity contribution is -0.0163. The van der Waals surface area contributed by atoms with Crippen LogP contribution in [0.1, 0.15) is 69.5 Å². The molecular formula is C32H47N3O3. The van der Waals surface area contributed by atoms with E-state index in [1.807, 2.05) is 11.0 Å². The first-order chi connectivity index (χ1) is 18.7. The minimum absolute atomic E-state index is 0.00303. The van der Waals surface area contributed by atoms with Crippen LogP contribution in [0.3, 0.4) is 0 Å². The highest BCUT2D eigenvalue weighted by atomic mass is 16.5. The number of nitrogens with one attached hydrogen (secondary N) is 1. The molecule has 3 N–H and O–H groups in total. The lowest BCUT2D eigenvalue weighted by Gasteiger charge is -2.38. The fraction of sp³-hybridized carbons (Fsp3) is 0.594. The van der Waals surface area contributed by atoms with Gasteiger partial charge in [-0.15, -0.1) is 0 Å². The number of piperidine rings is 1. The van der Waals surface area contributed by atoms with Crippen LogP contribution in [0.15, 0.2) is 54.6 Å². The van der Waals surface area contributed by atoms with Crippen LogP contribution in [-0.2, 0) is 9.47 Å². The molecule has 1 aliphatic carbocycles. The average molecular weight is 522 g/mol. The van der Waals surface area contributed by atoms with E-state index in [2.05, 4.69) is 53.8 Å². The summed E-state index contributed by atoms with van der Waals surface area (Å²) in [7, 11) is 1.72. The van der Waals surface area contributed by atoms with E-state index in [1.165, 1.54) is 48.8 Å². The molecule has 2 aromatic carbocycles. The summed E-state index contributed by atoms with van der Waals surface area (Å²) in [6.45, 7) is 3.30. The van der Waals surface area contributed by atoms with Crippen LogP contribution < -0.4 is 11.1 Å². The minimum atomic E-state index is -0.0904. The summed E-state index contributed by atoms with van der Waals surface area (Å²) in [5, 5.41) is 3.14. The van der Waals surface area contributed by atoms with Crippen LogP contribution in [0.25, 0.3) is 11.1 Å². The van der Waals surface area contributed by atoms with Crippen molar-refractivity contribution in [1.82, 2.24) is 10.2 Å². The van der Waals surface area contributed by atoms with Crippen molar-refractivity contribution < 1.29 is 14.3 Å². The van der Waals surface area contributed by atoms with Gasteiger partial charge in [0, 0.05) is 51.9 Å². The Morgan fingerprint density at radius 2 is 1.76 bits per heavy atom. The molecule has 0 spiro atoms. The Labute approximate surface area is 229 Å². The summed E-state index contributed by atoms with van der Waals surface area (Å²) in [5.74, 6) is 0.938. The molecule has 1 saturated carbocycles. The van der Waals surface area contributed by atoms with Crippen LogP contribution in [-0.4, -0.2) is 56.9 Å². The molecule has 0 radical (unpaired) electrons. The molecule has 1 saturated heterocycles.